The predicted octanol–water partition coefficient (Wildman–Crippen LogP) is 16.0. The van der Waals surface area contributed by atoms with E-state index >= 15 is 0 Å². The van der Waals surface area contributed by atoms with Crippen molar-refractivity contribution in [2.75, 3.05) is 26.3 Å². The zero-order valence-electron chi connectivity index (χ0n) is 38.5. The number of phosphoric acid groups is 1. The first-order chi connectivity index (χ1) is 26.7. The van der Waals surface area contributed by atoms with Crippen LogP contribution in [-0.2, 0) is 9.30 Å². The number of rotatable bonds is 42. The highest BCUT2D eigenvalue weighted by molar-refractivity contribution is 7.45. The van der Waals surface area contributed by atoms with E-state index in [-0.39, 0.29) is 0 Å². The molecule has 0 spiro atoms. The summed E-state index contributed by atoms with van der Waals surface area (Å²) < 4.78 is 15.3. The van der Waals surface area contributed by atoms with Crippen LogP contribution in [0.15, 0.2) is 0 Å². The SMILES string of the molecule is CCCCCCCCC(CCCCCC)COCC(CCCCCC)CCCCCCCC.CCCCCCCCNCCCCCCCC.O=P(O)(O)O. The number of unbranched alkanes of at least 4 members (excludes halogenated alkanes) is 26. The fraction of sp³-hybridized carbons (Fsp3) is 1.00. The Morgan fingerprint density at radius 2 is 0.564 bits per heavy atom. The average molecular weight is 806 g/mol. The topological polar surface area (TPSA) is 99.0 Å². The van der Waals surface area contributed by atoms with E-state index in [1.54, 1.807) is 0 Å². The molecule has 0 amide bonds. The summed E-state index contributed by atoms with van der Waals surface area (Å²) >= 11 is 0. The fourth-order valence-electron chi connectivity index (χ4n) is 7.36. The van der Waals surface area contributed by atoms with Crippen molar-refractivity contribution in [3.05, 3.63) is 0 Å². The maximum atomic E-state index is 8.88. The standard InChI is InChI=1S/C32H66O.C16H35N.H3O4P/c1-5-9-13-17-19-23-27-31(25-21-15-11-7-3)29-33-30-32(26-22-16-12-8-4)28-24-20-18-14-10-6-2;1-3-5-7-9-11-13-15-17-16-14-12-10-8-6-4-2;1-5(2,3)4/h31-32H,5-30H2,1-4H3;17H,3-16H2,1-2H3;(H3,1,2,3,4). The Bertz CT molecular complexity index is 652. The van der Waals surface area contributed by atoms with Gasteiger partial charge in [0.15, 0.2) is 0 Å². The van der Waals surface area contributed by atoms with E-state index in [1.165, 1.54) is 244 Å². The molecule has 0 fully saturated rings. The molecule has 0 aliphatic heterocycles. The van der Waals surface area contributed by atoms with Crippen molar-refractivity contribution in [2.45, 2.75) is 273 Å². The van der Waals surface area contributed by atoms with Gasteiger partial charge in [-0.3, -0.25) is 0 Å². The number of hydrogen-bond acceptors (Lipinski definition) is 3. The minimum absolute atomic E-state index is 0.808. The van der Waals surface area contributed by atoms with E-state index in [1.807, 2.05) is 0 Å². The molecule has 0 aliphatic carbocycles. The lowest BCUT2D eigenvalue weighted by Gasteiger charge is -2.21. The van der Waals surface area contributed by atoms with Gasteiger partial charge < -0.3 is 24.7 Å². The molecular weight excluding hydrogens is 702 g/mol. The summed E-state index contributed by atoms with van der Waals surface area (Å²) in [5.74, 6) is 1.62. The van der Waals surface area contributed by atoms with Gasteiger partial charge in [-0.25, -0.2) is 4.57 Å². The van der Waals surface area contributed by atoms with Crippen LogP contribution in [0.5, 0.6) is 0 Å². The van der Waals surface area contributed by atoms with Crippen molar-refractivity contribution in [1.82, 2.24) is 5.32 Å². The van der Waals surface area contributed by atoms with Gasteiger partial charge in [0.05, 0.1) is 0 Å². The molecule has 0 saturated heterocycles. The van der Waals surface area contributed by atoms with Crippen LogP contribution in [0.2, 0.25) is 0 Å². The molecule has 55 heavy (non-hydrogen) atoms. The van der Waals surface area contributed by atoms with E-state index in [0.717, 1.165) is 25.0 Å². The molecule has 0 heterocycles. The highest BCUT2D eigenvalue weighted by atomic mass is 31.2. The van der Waals surface area contributed by atoms with Crippen LogP contribution in [0.3, 0.4) is 0 Å². The van der Waals surface area contributed by atoms with Gasteiger partial charge in [-0.2, -0.15) is 0 Å². The van der Waals surface area contributed by atoms with Gasteiger partial charge in [-0.15, -0.1) is 0 Å². The summed E-state index contributed by atoms with van der Waals surface area (Å²) in [4.78, 5) is 21.6. The first-order valence-corrected chi connectivity index (χ1v) is 26.3. The summed E-state index contributed by atoms with van der Waals surface area (Å²) in [7, 11) is -4.64. The van der Waals surface area contributed by atoms with Crippen LogP contribution < -0.4 is 5.32 Å². The van der Waals surface area contributed by atoms with Gasteiger partial charge in [0.2, 0.25) is 0 Å². The maximum Gasteiger partial charge on any atom is 0.466 e. The monoisotopic (exact) mass is 806 g/mol. The minimum Gasteiger partial charge on any atom is -0.381 e. The lowest BCUT2D eigenvalue weighted by molar-refractivity contribution is 0.0587. The van der Waals surface area contributed by atoms with Crippen LogP contribution in [-0.4, -0.2) is 41.0 Å². The summed E-state index contributed by atoms with van der Waals surface area (Å²) in [6.45, 7) is 18.4. The van der Waals surface area contributed by atoms with Crippen molar-refractivity contribution in [2.24, 2.45) is 11.8 Å². The van der Waals surface area contributed by atoms with E-state index < -0.39 is 7.82 Å². The van der Waals surface area contributed by atoms with Crippen LogP contribution in [0.4, 0.5) is 0 Å². The molecule has 7 heteroatoms. The molecular formula is C48H104NO5P. The van der Waals surface area contributed by atoms with Crippen molar-refractivity contribution < 1.29 is 24.0 Å². The Hall–Kier alpha value is 0.0300. The molecule has 2 atom stereocenters. The van der Waals surface area contributed by atoms with Crippen LogP contribution in [0.25, 0.3) is 0 Å². The van der Waals surface area contributed by atoms with Gasteiger partial charge in [0, 0.05) is 13.2 Å². The molecule has 0 rings (SSSR count). The van der Waals surface area contributed by atoms with Crippen LogP contribution >= 0.6 is 7.82 Å². The van der Waals surface area contributed by atoms with Crippen molar-refractivity contribution in [1.29, 1.82) is 0 Å². The second kappa shape index (κ2) is 52.0. The Labute approximate surface area is 346 Å². The Morgan fingerprint density at radius 3 is 0.818 bits per heavy atom. The molecule has 0 aromatic rings. The van der Waals surface area contributed by atoms with E-state index in [0.29, 0.717) is 0 Å². The van der Waals surface area contributed by atoms with E-state index in [2.05, 4.69) is 46.9 Å². The van der Waals surface area contributed by atoms with Crippen LogP contribution in [0.1, 0.15) is 273 Å². The molecule has 0 saturated carbocycles. The zero-order valence-corrected chi connectivity index (χ0v) is 39.4. The Morgan fingerprint density at radius 1 is 0.364 bits per heavy atom. The normalized spacial score (nSPS) is 12.5. The van der Waals surface area contributed by atoms with Gasteiger partial charge in [-0.1, -0.05) is 234 Å². The van der Waals surface area contributed by atoms with Gasteiger partial charge in [-0.05, 0) is 63.5 Å². The lowest BCUT2D eigenvalue weighted by Crippen LogP contribution is -2.16. The molecule has 4 N–H and O–H groups in total. The van der Waals surface area contributed by atoms with Crippen LogP contribution in [0, 0.1) is 11.8 Å². The third-order valence-electron chi connectivity index (χ3n) is 11.0. The summed E-state index contributed by atoms with van der Waals surface area (Å²) in [6, 6.07) is 0. The largest absolute Gasteiger partial charge is 0.466 e. The molecule has 0 aromatic carbocycles. The lowest BCUT2D eigenvalue weighted by atomic mass is 9.94. The molecule has 2 unspecified atom stereocenters. The van der Waals surface area contributed by atoms with Gasteiger partial charge in [0.25, 0.3) is 0 Å². The second-order valence-electron chi connectivity index (χ2n) is 16.9. The summed E-state index contributed by atoms with van der Waals surface area (Å²) in [5.41, 5.74) is 0. The quantitative estimate of drug-likeness (QED) is 0.0362. The highest BCUT2D eigenvalue weighted by Crippen LogP contribution is 2.26. The fourth-order valence-corrected chi connectivity index (χ4v) is 7.36. The summed E-state index contributed by atoms with van der Waals surface area (Å²) in [6.07, 6.45) is 50.7. The molecule has 0 radical (unpaired) electrons. The minimum atomic E-state index is -4.64. The average Bonchev–Trinajstić information content (AvgIpc) is 3.15. The number of hydrogen-bond donors (Lipinski definition) is 4. The van der Waals surface area contributed by atoms with E-state index in [9.17, 15) is 0 Å². The molecule has 0 aromatic heterocycles. The smallest absolute Gasteiger partial charge is 0.381 e. The van der Waals surface area contributed by atoms with Crippen molar-refractivity contribution in [3.8, 4) is 0 Å². The summed E-state index contributed by atoms with van der Waals surface area (Å²) in [5, 5.41) is 3.57. The molecule has 336 valence electrons. The predicted molar refractivity (Wildman–Crippen MR) is 245 cm³/mol. The molecule has 0 aliphatic rings. The second-order valence-corrected chi connectivity index (χ2v) is 17.9. The first kappa shape index (κ1) is 59.3. The number of nitrogens with one attached hydrogen (secondary N) is 1. The zero-order chi connectivity index (χ0) is 41.4. The molecule has 0 bridgehead atoms. The molecule has 6 nitrogen and oxygen atoms in total. The number of ether oxygens (including phenoxy) is 1. The van der Waals surface area contributed by atoms with Gasteiger partial charge in [0.1, 0.15) is 0 Å². The first-order valence-electron chi connectivity index (χ1n) is 24.8. The van der Waals surface area contributed by atoms with Crippen molar-refractivity contribution >= 4 is 7.82 Å². The third kappa shape index (κ3) is 63.4. The van der Waals surface area contributed by atoms with Gasteiger partial charge >= 0.3 is 7.82 Å². The Kier molecular flexibility index (Phi) is 56.2. The Balaban J connectivity index is -0.00000102. The third-order valence-corrected chi connectivity index (χ3v) is 11.0. The van der Waals surface area contributed by atoms with E-state index in [4.69, 9.17) is 24.0 Å². The van der Waals surface area contributed by atoms with Crippen molar-refractivity contribution in [3.63, 3.8) is 0 Å². The highest BCUT2D eigenvalue weighted by Gasteiger charge is 2.13. The maximum absolute atomic E-state index is 8.88.